The topological polar surface area (TPSA) is 88.8 Å². The lowest BCUT2D eigenvalue weighted by molar-refractivity contribution is -0.129. The van der Waals surface area contributed by atoms with Gasteiger partial charge in [0.2, 0.25) is 5.91 Å². The van der Waals surface area contributed by atoms with Crippen molar-refractivity contribution in [1.29, 1.82) is 0 Å². The molecular formula is C13H18N4O3. The van der Waals surface area contributed by atoms with E-state index in [1.165, 1.54) is 19.4 Å². The van der Waals surface area contributed by atoms with Crippen molar-refractivity contribution in [3.05, 3.63) is 17.8 Å². The smallest absolute Gasteiger partial charge is 0.340 e. The Balaban J connectivity index is 2.18. The molecule has 1 amide bonds. The Hall–Kier alpha value is -2.31. The van der Waals surface area contributed by atoms with Crippen LogP contribution in [0, 0.1) is 0 Å². The summed E-state index contributed by atoms with van der Waals surface area (Å²) in [6.45, 7) is 4.08. The summed E-state index contributed by atoms with van der Waals surface area (Å²) in [6.07, 6.45) is 1.54. The summed E-state index contributed by atoms with van der Waals surface area (Å²) >= 11 is 0. The Morgan fingerprint density at radius 1 is 1.30 bits per heavy atom. The van der Waals surface area contributed by atoms with Gasteiger partial charge in [0.05, 0.1) is 18.4 Å². The summed E-state index contributed by atoms with van der Waals surface area (Å²) in [4.78, 5) is 30.9. The third-order valence-corrected chi connectivity index (χ3v) is 3.40. The lowest BCUT2D eigenvalue weighted by atomic mass is 10.2. The van der Waals surface area contributed by atoms with Crippen molar-refractivity contribution >= 4 is 23.4 Å². The van der Waals surface area contributed by atoms with Gasteiger partial charge >= 0.3 is 5.97 Å². The van der Waals surface area contributed by atoms with Gasteiger partial charge in [0.1, 0.15) is 0 Å². The van der Waals surface area contributed by atoms with E-state index in [2.05, 4.69) is 9.72 Å². The van der Waals surface area contributed by atoms with Gasteiger partial charge in [0, 0.05) is 39.3 Å². The molecule has 1 fully saturated rings. The second kappa shape index (κ2) is 5.77. The molecule has 0 spiro atoms. The van der Waals surface area contributed by atoms with Crippen LogP contribution in [0.5, 0.6) is 0 Å². The molecule has 20 heavy (non-hydrogen) atoms. The average Bonchev–Trinajstić information content (AvgIpc) is 2.47. The van der Waals surface area contributed by atoms with Gasteiger partial charge in [-0.1, -0.05) is 0 Å². The van der Waals surface area contributed by atoms with Crippen LogP contribution >= 0.6 is 0 Å². The van der Waals surface area contributed by atoms with Crippen LogP contribution < -0.4 is 10.6 Å². The number of rotatable bonds is 2. The summed E-state index contributed by atoms with van der Waals surface area (Å²) in [5, 5.41) is 0. The van der Waals surface area contributed by atoms with Crippen LogP contribution in [-0.4, -0.2) is 55.0 Å². The first kappa shape index (κ1) is 14.1. The van der Waals surface area contributed by atoms with Gasteiger partial charge in [-0.2, -0.15) is 0 Å². The molecular weight excluding hydrogens is 260 g/mol. The number of carbonyl (C=O) groups is 2. The number of amides is 1. The van der Waals surface area contributed by atoms with Gasteiger partial charge in [-0.3, -0.25) is 4.79 Å². The lowest BCUT2D eigenvalue weighted by Gasteiger charge is -2.35. The number of hydrogen-bond acceptors (Lipinski definition) is 6. The molecule has 0 aromatic carbocycles. The number of nitrogen functional groups attached to an aromatic ring is 1. The number of nitrogens with two attached hydrogens (primary N) is 1. The minimum atomic E-state index is -0.478. The molecule has 2 rings (SSSR count). The Kier molecular flexibility index (Phi) is 4.07. The number of piperazine rings is 1. The predicted molar refractivity (Wildman–Crippen MR) is 74.5 cm³/mol. The van der Waals surface area contributed by atoms with Gasteiger partial charge in [-0.15, -0.1) is 0 Å². The standard InChI is InChI=1S/C13H18N4O3/c1-9(18)16-5-7-17(8-6-16)12-11(14)10(3-4-15-12)13(19)20-2/h3-4H,5-8,14H2,1-2H3. The lowest BCUT2D eigenvalue weighted by Crippen LogP contribution is -2.48. The molecule has 7 heteroatoms. The van der Waals surface area contributed by atoms with E-state index in [9.17, 15) is 9.59 Å². The quantitative estimate of drug-likeness (QED) is 0.773. The van der Waals surface area contributed by atoms with Crippen LogP contribution in [0.3, 0.4) is 0 Å². The van der Waals surface area contributed by atoms with Crippen molar-refractivity contribution in [1.82, 2.24) is 9.88 Å². The predicted octanol–water partition coefficient (Wildman–Crippen LogP) is 0.119. The summed E-state index contributed by atoms with van der Waals surface area (Å²) < 4.78 is 4.69. The number of aromatic nitrogens is 1. The van der Waals surface area contributed by atoms with Crippen LogP contribution in [0.15, 0.2) is 12.3 Å². The molecule has 1 saturated heterocycles. The van der Waals surface area contributed by atoms with Crippen molar-refractivity contribution in [2.24, 2.45) is 0 Å². The first-order valence-electron chi connectivity index (χ1n) is 6.38. The number of pyridine rings is 1. The van der Waals surface area contributed by atoms with Crippen LogP contribution in [0.2, 0.25) is 0 Å². The Labute approximate surface area is 117 Å². The maximum Gasteiger partial charge on any atom is 0.340 e. The molecule has 0 radical (unpaired) electrons. The third-order valence-electron chi connectivity index (χ3n) is 3.40. The molecule has 2 N–H and O–H groups in total. The van der Waals surface area contributed by atoms with Crippen molar-refractivity contribution in [2.45, 2.75) is 6.92 Å². The highest BCUT2D eigenvalue weighted by molar-refractivity contribution is 5.97. The normalized spacial score (nSPS) is 15.1. The molecule has 0 unspecified atom stereocenters. The van der Waals surface area contributed by atoms with E-state index in [0.29, 0.717) is 43.2 Å². The van der Waals surface area contributed by atoms with E-state index in [1.54, 1.807) is 11.8 Å². The highest BCUT2D eigenvalue weighted by Crippen LogP contribution is 2.25. The number of methoxy groups -OCH3 is 1. The van der Waals surface area contributed by atoms with Crippen LogP contribution in [0.4, 0.5) is 11.5 Å². The highest BCUT2D eigenvalue weighted by atomic mass is 16.5. The zero-order valence-corrected chi connectivity index (χ0v) is 11.6. The van der Waals surface area contributed by atoms with Crippen LogP contribution in [0.25, 0.3) is 0 Å². The molecule has 7 nitrogen and oxygen atoms in total. The van der Waals surface area contributed by atoms with E-state index in [-0.39, 0.29) is 5.91 Å². The fourth-order valence-corrected chi connectivity index (χ4v) is 2.24. The Morgan fingerprint density at radius 2 is 1.95 bits per heavy atom. The molecule has 1 aliphatic rings. The number of carbonyl (C=O) groups excluding carboxylic acids is 2. The number of esters is 1. The third kappa shape index (κ3) is 2.66. The van der Waals surface area contributed by atoms with Crippen molar-refractivity contribution < 1.29 is 14.3 Å². The monoisotopic (exact) mass is 278 g/mol. The van der Waals surface area contributed by atoms with Gasteiger partial charge in [-0.05, 0) is 6.07 Å². The van der Waals surface area contributed by atoms with Gasteiger partial charge < -0.3 is 20.3 Å². The summed E-state index contributed by atoms with van der Waals surface area (Å²) in [6, 6.07) is 1.54. The molecule has 0 saturated carbocycles. The average molecular weight is 278 g/mol. The largest absolute Gasteiger partial charge is 0.465 e. The first-order valence-corrected chi connectivity index (χ1v) is 6.38. The van der Waals surface area contributed by atoms with Crippen LogP contribution in [-0.2, 0) is 9.53 Å². The number of hydrogen-bond donors (Lipinski definition) is 1. The molecule has 0 aliphatic carbocycles. The van der Waals surface area contributed by atoms with Gasteiger partial charge in [0.15, 0.2) is 5.82 Å². The molecule has 0 atom stereocenters. The second-order valence-corrected chi connectivity index (χ2v) is 4.58. The van der Waals surface area contributed by atoms with Crippen molar-refractivity contribution in [3.63, 3.8) is 0 Å². The van der Waals surface area contributed by atoms with E-state index in [4.69, 9.17) is 5.73 Å². The van der Waals surface area contributed by atoms with E-state index >= 15 is 0 Å². The Bertz CT molecular complexity index is 524. The molecule has 0 bridgehead atoms. The maximum atomic E-state index is 11.6. The first-order chi connectivity index (χ1) is 9.54. The molecule has 108 valence electrons. The molecule has 1 aliphatic heterocycles. The van der Waals surface area contributed by atoms with Gasteiger partial charge in [-0.25, -0.2) is 9.78 Å². The van der Waals surface area contributed by atoms with Crippen molar-refractivity contribution in [3.8, 4) is 0 Å². The minimum Gasteiger partial charge on any atom is -0.465 e. The second-order valence-electron chi connectivity index (χ2n) is 4.58. The zero-order chi connectivity index (χ0) is 14.7. The summed E-state index contributed by atoms with van der Waals surface area (Å²) in [5.41, 5.74) is 6.63. The number of nitrogens with zero attached hydrogens (tertiary/aromatic N) is 3. The summed E-state index contributed by atoms with van der Waals surface area (Å²) in [5.74, 6) is 0.151. The fraction of sp³-hybridized carbons (Fsp3) is 0.462. The molecule has 1 aromatic heterocycles. The van der Waals surface area contributed by atoms with E-state index in [1.807, 2.05) is 4.90 Å². The van der Waals surface area contributed by atoms with E-state index < -0.39 is 5.97 Å². The zero-order valence-electron chi connectivity index (χ0n) is 11.6. The minimum absolute atomic E-state index is 0.0638. The van der Waals surface area contributed by atoms with Crippen LogP contribution in [0.1, 0.15) is 17.3 Å². The van der Waals surface area contributed by atoms with Gasteiger partial charge in [0.25, 0.3) is 0 Å². The Morgan fingerprint density at radius 3 is 2.50 bits per heavy atom. The number of ether oxygens (including phenoxy) is 1. The maximum absolute atomic E-state index is 11.6. The fourth-order valence-electron chi connectivity index (χ4n) is 2.24. The SMILES string of the molecule is COC(=O)c1ccnc(N2CCN(C(C)=O)CC2)c1N. The van der Waals surface area contributed by atoms with Crippen molar-refractivity contribution in [2.75, 3.05) is 43.9 Å². The highest BCUT2D eigenvalue weighted by Gasteiger charge is 2.23. The molecule has 2 heterocycles. The number of anilines is 2. The molecule has 1 aromatic rings. The van der Waals surface area contributed by atoms with E-state index in [0.717, 1.165) is 0 Å². The summed E-state index contributed by atoms with van der Waals surface area (Å²) in [7, 11) is 1.31.